The monoisotopic (exact) mass is 455 g/mol. The van der Waals surface area contributed by atoms with Crippen LogP contribution in [0.15, 0.2) is 35.2 Å². The molecule has 1 atom stereocenters. The fraction of sp³-hybridized carbons (Fsp3) is 0.500. The van der Waals surface area contributed by atoms with Crippen molar-refractivity contribution in [3.8, 4) is 0 Å². The van der Waals surface area contributed by atoms with E-state index >= 15 is 0 Å². The molecule has 0 aromatic heterocycles. The summed E-state index contributed by atoms with van der Waals surface area (Å²) >= 11 is 6.14. The minimum absolute atomic E-state index is 0.0682. The van der Waals surface area contributed by atoms with E-state index in [1.807, 2.05) is 6.08 Å². The normalized spacial score (nSPS) is 19.6. The topological polar surface area (TPSA) is 96.0 Å². The number of allylic oxidation sites excluding steroid dienone is 2. The highest BCUT2D eigenvalue weighted by Crippen LogP contribution is 2.28. The molecule has 1 aromatic carbocycles. The van der Waals surface area contributed by atoms with Crippen LogP contribution in [0.5, 0.6) is 0 Å². The number of benzene rings is 1. The lowest BCUT2D eigenvalue weighted by Crippen LogP contribution is -2.40. The van der Waals surface area contributed by atoms with Crippen LogP contribution in [0.1, 0.15) is 19.3 Å². The number of amides is 2. The number of likely N-dealkylation sites (N-methyl/N-ethyl adjacent to an activating group) is 1. The number of carbonyl (C=O) groups is 2. The molecule has 0 spiro atoms. The van der Waals surface area contributed by atoms with Gasteiger partial charge >= 0.3 is 0 Å². The van der Waals surface area contributed by atoms with Crippen LogP contribution in [0.2, 0.25) is 5.02 Å². The van der Waals surface area contributed by atoms with Crippen molar-refractivity contribution in [3.05, 3.63) is 35.4 Å². The highest BCUT2D eigenvalue weighted by Gasteiger charge is 2.29. The predicted octanol–water partition coefficient (Wildman–Crippen LogP) is 2.11. The quantitative estimate of drug-likeness (QED) is 0.635. The Balaban J connectivity index is 1.63. The first-order valence-electron chi connectivity index (χ1n) is 9.85. The van der Waals surface area contributed by atoms with E-state index in [2.05, 4.69) is 11.4 Å². The zero-order valence-electron chi connectivity index (χ0n) is 16.8. The molecular formula is C20H26ClN3O5S. The Morgan fingerprint density at radius 3 is 2.70 bits per heavy atom. The molecule has 1 saturated heterocycles. The van der Waals surface area contributed by atoms with Gasteiger partial charge in [-0.15, -0.1) is 0 Å². The van der Waals surface area contributed by atoms with E-state index in [4.69, 9.17) is 16.3 Å². The Kier molecular flexibility index (Phi) is 7.51. The molecule has 164 valence electrons. The van der Waals surface area contributed by atoms with Crippen LogP contribution in [0.3, 0.4) is 0 Å². The number of morpholine rings is 1. The van der Waals surface area contributed by atoms with Crippen molar-refractivity contribution in [2.24, 2.45) is 5.92 Å². The Hall–Kier alpha value is -1.94. The maximum Gasteiger partial charge on any atom is 0.244 e. The molecule has 1 aromatic rings. The van der Waals surface area contributed by atoms with Gasteiger partial charge in [0, 0.05) is 32.2 Å². The summed E-state index contributed by atoms with van der Waals surface area (Å²) in [6.07, 6.45) is 6.41. The second kappa shape index (κ2) is 9.91. The Morgan fingerprint density at radius 1 is 1.30 bits per heavy atom. The molecule has 30 heavy (non-hydrogen) atoms. The number of carbonyl (C=O) groups excluding carboxylic acids is 2. The van der Waals surface area contributed by atoms with Gasteiger partial charge in [-0.05, 0) is 37.0 Å². The zero-order valence-corrected chi connectivity index (χ0v) is 18.4. The van der Waals surface area contributed by atoms with Crippen molar-refractivity contribution in [2.45, 2.75) is 24.2 Å². The Bertz CT molecular complexity index is 928. The van der Waals surface area contributed by atoms with Gasteiger partial charge in [0.25, 0.3) is 0 Å². The Morgan fingerprint density at radius 2 is 2.03 bits per heavy atom. The fourth-order valence-corrected chi connectivity index (χ4v) is 5.36. The van der Waals surface area contributed by atoms with Gasteiger partial charge in [-0.25, -0.2) is 8.42 Å². The molecule has 0 radical (unpaired) electrons. The van der Waals surface area contributed by atoms with Crippen molar-refractivity contribution in [1.82, 2.24) is 9.21 Å². The summed E-state index contributed by atoms with van der Waals surface area (Å²) in [5, 5.41) is 2.73. The number of hydrogen-bond donors (Lipinski definition) is 1. The van der Waals surface area contributed by atoms with Gasteiger partial charge in [0.1, 0.15) is 4.90 Å². The van der Waals surface area contributed by atoms with Crippen molar-refractivity contribution >= 4 is 39.1 Å². The maximum atomic E-state index is 12.9. The molecule has 1 N–H and O–H groups in total. The van der Waals surface area contributed by atoms with Gasteiger partial charge in [0.15, 0.2) is 0 Å². The highest BCUT2D eigenvalue weighted by molar-refractivity contribution is 7.89. The molecular weight excluding hydrogens is 430 g/mol. The fourth-order valence-electron chi connectivity index (χ4n) is 3.45. The predicted molar refractivity (Wildman–Crippen MR) is 114 cm³/mol. The third kappa shape index (κ3) is 5.60. The van der Waals surface area contributed by atoms with Crippen LogP contribution in [0, 0.1) is 5.92 Å². The summed E-state index contributed by atoms with van der Waals surface area (Å²) in [4.78, 5) is 26.0. The van der Waals surface area contributed by atoms with E-state index in [-0.39, 0.29) is 41.4 Å². The molecule has 2 aliphatic rings. The second-order valence-electron chi connectivity index (χ2n) is 7.43. The molecule has 8 nitrogen and oxygen atoms in total. The number of halogens is 1. The third-order valence-electron chi connectivity index (χ3n) is 5.16. The third-order valence-corrected chi connectivity index (χ3v) is 7.54. The summed E-state index contributed by atoms with van der Waals surface area (Å²) in [5.74, 6) is -0.287. The van der Waals surface area contributed by atoms with Gasteiger partial charge in [0.05, 0.1) is 24.8 Å². The summed E-state index contributed by atoms with van der Waals surface area (Å²) < 4.78 is 32.3. The molecule has 0 bridgehead atoms. The van der Waals surface area contributed by atoms with Crippen LogP contribution in [-0.2, 0) is 24.3 Å². The van der Waals surface area contributed by atoms with Crippen molar-refractivity contribution in [3.63, 3.8) is 0 Å². The van der Waals surface area contributed by atoms with Crippen molar-refractivity contribution in [1.29, 1.82) is 0 Å². The first-order chi connectivity index (χ1) is 14.3. The van der Waals surface area contributed by atoms with E-state index < -0.39 is 15.9 Å². The zero-order chi connectivity index (χ0) is 21.7. The molecule has 3 rings (SSSR count). The first-order valence-corrected chi connectivity index (χ1v) is 11.7. The number of nitrogens with zero attached hydrogens (tertiary/aromatic N) is 2. The molecule has 0 saturated carbocycles. The van der Waals surface area contributed by atoms with Crippen LogP contribution >= 0.6 is 11.6 Å². The SMILES string of the molecule is CN(CC(=O)Nc1ccc(Cl)c(S(=O)(=O)N2CCOCC2)c1)C(=O)CC1C=CCC1. The van der Waals surface area contributed by atoms with Crippen LogP contribution in [0.25, 0.3) is 0 Å². The minimum atomic E-state index is -3.80. The average molecular weight is 456 g/mol. The van der Waals surface area contributed by atoms with E-state index in [0.29, 0.717) is 25.3 Å². The molecule has 10 heteroatoms. The van der Waals surface area contributed by atoms with Gasteiger partial charge < -0.3 is 15.0 Å². The molecule has 1 unspecified atom stereocenters. The van der Waals surface area contributed by atoms with Gasteiger partial charge in [-0.3, -0.25) is 9.59 Å². The van der Waals surface area contributed by atoms with Crippen molar-refractivity contribution in [2.75, 3.05) is 45.2 Å². The number of nitrogens with one attached hydrogen (secondary N) is 1. The average Bonchev–Trinajstić information content (AvgIpc) is 3.23. The second-order valence-corrected chi connectivity index (χ2v) is 9.74. The molecule has 2 amide bonds. The first kappa shape index (κ1) is 22.7. The number of sulfonamides is 1. The number of ether oxygens (including phenoxy) is 1. The van der Waals surface area contributed by atoms with Crippen LogP contribution < -0.4 is 5.32 Å². The largest absolute Gasteiger partial charge is 0.379 e. The minimum Gasteiger partial charge on any atom is -0.379 e. The summed E-state index contributed by atoms with van der Waals surface area (Å²) in [5.41, 5.74) is 0.302. The van der Waals surface area contributed by atoms with Crippen molar-refractivity contribution < 1.29 is 22.7 Å². The highest BCUT2D eigenvalue weighted by atomic mass is 35.5. The lowest BCUT2D eigenvalue weighted by molar-refractivity contribution is -0.133. The molecule has 1 aliphatic heterocycles. The Labute approximate surface area is 181 Å². The summed E-state index contributed by atoms with van der Waals surface area (Å²) in [6, 6.07) is 4.31. The van der Waals surface area contributed by atoms with Crippen LogP contribution in [-0.4, -0.2) is 69.3 Å². The summed E-state index contributed by atoms with van der Waals surface area (Å²) in [6.45, 7) is 1.02. The number of hydrogen-bond acceptors (Lipinski definition) is 5. The van der Waals surface area contributed by atoms with Gasteiger partial charge in [0.2, 0.25) is 21.8 Å². The van der Waals surface area contributed by atoms with Gasteiger partial charge in [-0.1, -0.05) is 23.8 Å². The van der Waals surface area contributed by atoms with E-state index in [0.717, 1.165) is 12.8 Å². The lowest BCUT2D eigenvalue weighted by atomic mass is 10.0. The molecule has 1 aliphatic carbocycles. The molecule has 1 fully saturated rings. The van der Waals surface area contributed by atoms with E-state index in [1.165, 1.54) is 27.4 Å². The van der Waals surface area contributed by atoms with E-state index in [1.54, 1.807) is 7.05 Å². The number of anilines is 1. The van der Waals surface area contributed by atoms with Crippen LogP contribution in [0.4, 0.5) is 5.69 Å². The van der Waals surface area contributed by atoms with E-state index in [9.17, 15) is 18.0 Å². The molecule has 1 heterocycles. The maximum absolute atomic E-state index is 12.9. The van der Waals surface area contributed by atoms with Gasteiger partial charge in [-0.2, -0.15) is 4.31 Å². The summed E-state index contributed by atoms with van der Waals surface area (Å²) in [7, 11) is -2.22. The number of rotatable bonds is 7. The smallest absolute Gasteiger partial charge is 0.244 e. The standard InChI is InChI=1S/C20H26ClN3O5S/c1-23(20(26)12-15-4-2-3-5-15)14-19(25)22-16-6-7-17(21)18(13-16)30(27,28)24-8-10-29-11-9-24/h2,4,6-7,13,15H,3,5,8-12,14H2,1H3,(H,22,25). The lowest BCUT2D eigenvalue weighted by Gasteiger charge is -2.26.